The zero-order chi connectivity index (χ0) is 12.8. The van der Waals surface area contributed by atoms with Crippen LogP contribution in [0.5, 0.6) is 0 Å². The van der Waals surface area contributed by atoms with Crippen molar-refractivity contribution in [2.75, 3.05) is 0 Å². The molecule has 0 nitrogen and oxygen atoms in total. The molecule has 0 aromatic carbocycles. The molecule has 0 heteroatoms. The lowest BCUT2D eigenvalue weighted by molar-refractivity contribution is 0.172. The summed E-state index contributed by atoms with van der Waals surface area (Å²) in [6, 6.07) is 0. The van der Waals surface area contributed by atoms with Crippen molar-refractivity contribution in [1.82, 2.24) is 0 Å². The molecule has 0 aliphatic rings. The topological polar surface area (TPSA) is 0 Å². The fourth-order valence-electron chi connectivity index (χ4n) is 3.26. The first-order chi connectivity index (χ1) is 7.18. The van der Waals surface area contributed by atoms with E-state index in [1.165, 1.54) is 38.5 Å². The van der Waals surface area contributed by atoms with Gasteiger partial charge in [-0.1, -0.05) is 67.7 Å². The van der Waals surface area contributed by atoms with Crippen molar-refractivity contribution in [1.29, 1.82) is 0 Å². The van der Waals surface area contributed by atoms with Crippen LogP contribution in [0.15, 0.2) is 0 Å². The smallest absolute Gasteiger partial charge is 0.0298 e. The Bertz CT molecular complexity index is 174. The van der Waals surface area contributed by atoms with Gasteiger partial charge in [0, 0.05) is 0 Å². The Morgan fingerprint density at radius 2 is 1.44 bits per heavy atom. The van der Waals surface area contributed by atoms with E-state index in [-0.39, 0.29) is 0 Å². The lowest BCUT2D eigenvalue weighted by atomic mass is 9.69. The van der Waals surface area contributed by atoms with Crippen molar-refractivity contribution in [3.63, 3.8) is 0 Å². The maximum Gasteiger partial charge on any atom is -0.0298 e. The van der Waals surface area contributed by atoms with Crippen molar-refractivity contribution < 1.29 is 0 Å². The summed E-state index contributed by atoms with van der Waals surface area (Å²) in [6.45, 7) is 16.5. The van der Waals surface area contributed by atoms with Crippen molar-refractivity contribution in [2.24, 2.45) is 10.8 Å². The zero-order valence-electron chi connectivity index (χ0n) is 12.7. The summed E-state index contributed by atoms with van der Waals surface area (Å²) in [5.41, 5.74) is 0.975. The third-order valence-electron chi connectivity index (χ3n) is 3.25. The van der Waals surface area contributed by atoms with Gasteiger partial charge in [-0.25, -0.2) is 0 Å². The second-order valence-corrected chi connectivity index (χ2v) is 7.35. The largest absolute Gasteiger partial charge is 0.0654 e. The predicted molar refractivity (Wildman–Crippen MR) is 75.5 cm³/mol. The molecule has 0 atom stereocenters. The summed E-state index contributed by atoms with van der Waals surface area (Å²) >= 11 is 0. The fourth-order valence-corrected chi connectivity index (χ4v) is 3.26. The van der Waals surface area contributed by atoms with Gasteiger partial charge in [-0.3, -0.25) is 0 Å². The Balaban J connectivity index is 4.11. The van der Waals surface area contributed by atoms with E-state index in [0.29, 0.717) is 10.8 Å². The molecule has 0 rings (SSSR count). The molecule has 0 aliphatic heterocycles. The highest BCUT2D eigenvalue weighted by atomic mass is 14.3. The van der Waals surface area contributed by atoms with Crippen LogP contribution in [-0.4, -0.2) is 0 Å². The first-order valence-corrected chi connectivity index (χ1v) is 6.97. The van der Waals surface area contributed by atoms with E-state index in [4.69, 9.17) is 0 Å². The molecule has 0 aliphatic carbocycles. The molecule has 0 heterocycles. The van der Waals surface area contributed by atoms with Crippen LogP contribution in [0.1, 0.15) is 87.0 Å². The summed E-state index contributed by atoms with van der Waals surface area (Å²) in [5.74, 6) is 1.56. The van der Waals surface area contributed by atoms with Gasteiger partial charge >= 0.3 is 0 Å². The summed E-state index contributed by atoms with van der Waals surface area (Å²) in [5, 5.41) is 0. The third kappa shape index (κ3) is 8.19. The van der Waals surface area contributed by atoms with E-state index < -0.39 is 0 Å². The second-order valence-electron chi connectivity index (χ2n) is 7.35. The van der Waals surface area contributed by atoms with Gasteiger partial charge in [-0.2, -0.15) is 0 Å². The minimum absolute atomic E-state index is 0.467. The molecular formula is C16H33. The van der Waals surface area contributed by atoms with Gasteiger partial charge in [0.05, 0.1) is 0 Å². The highest BCUT2D eigenvalue weighted by Crippen LogP contribution is 2.41. The number of rotatable bonds is 8. The van der Waals surface area contributed by atoms with E-state index in [1.807, 2.05) is 0 Å². The molecular weight excluding hydrogens is 192 g/mol. The molecule has 16 heavy (non-hydrogen) atoms. The Morgan fingerprint density at radius 1 is 0.875 bits per heavy atom. The fraction of sp³-hybridized carbons (Fsp3) is 0.938. The standard InChI is InChI=1S/C16H33/c1-8-9-10-11-15(4,5)13-16(6,7)12-14(2)3/h8-13H2,1-7H3. The molecule has 0 saturated heterocycles. The summed E-state index contributed by atoms with van der Waals surface area (Å²) < 4.78 is 0. The number of unbranched alkanes of at least 4 members (excludes halogenated alkanes) is 2. The van der Waals surface area contributed by atoms with Crippen LogP contribution < -0.4 is 0 Å². The van der Waals surface area contributed by atoms with Crippen molar-refractivity contribution in [3.05, 3.63) is 5.92 Å². The minimum atomic E-state index is 0.467. The molecule has 0 spiro atoms. The van der Waals surface area contributed by atoms with Crippen LogP contribution in [-0.2, 0) is 0 Å². The molecule has 0 amide bonds. The maximum absolute atomic E-state index is 2.44. The molecule has 0 fully saturated rings. The molecule has 97 valence electrons. The highest BCUT2D eigenvalue weighted by Gasteiger charge is 2.28. The van der Waals surface area contributed by atoms with Gasteiger partial charge < -0.3 is 0 Å². The van der Waals surface area contributed by atoms with Gasteiger partial charge in [0.1, 0.15) is 0 Å². The SMILES string of the molecule is CCCCCC(C)(C)CC(C)(C)C[C](C)C. The van der Waals surface area contributed by atoms with Gasteiger partial charge in [-0.05, 0) is 36.0 Å². The quantitative estimate of drug-likeness (QED) is 0.443. The van der Waals surface area contributed by atoms with E-state index in [1.54, 1.807) is 5.92 Å². The van der Waals surface area contributed by atoms with E-state index in [0.717, 1.165) is 0 Å². The molecule has 0 aromatic rings. The third-order valence-corrected chi connectivity index (χ3v) is 3.25. The van der Waals surface area contributed by atoms with Crippen LogP contribution >= 0.6 is 0 Å². The van der Waals surface area contributed by atoms with Crippen molar-refractivity contribution in [3.8, 4) is 0 Å². The van der Waals surface area contributed by atoms with Gasteiger partial charge in [0.15, 0.2) is 0 Å². The lowest BCUT2D eigenvalue weighted by Gasteiger charge is -2.36. The monoisotopic (exact) mass is 225 g/mol. The van der Waals surface area contributed by atoms with Gasteiger partial charge in [0.2, 0.25) is 0 Å². The first kappa shape index (κ1) is 16.0. The molecule has 0 N–H and O–H groups in total. The maximum atomic E-state index is 2.44. The average Bonchev–Trinajstić information content (AvgIpc) is 1.98. The highest BCUT2D eigenvalue weighted by molar-refractivity contribution is 4.88. The molecule has 0 aromatic heterocycles. The van der Waals surface area contributed by atoms with Crippen LogP contribution in [0, 0.1) is 16.7 Å². The molecule has 0 unspecified atom stereocenters. The summed E-state index contributed by atoms with van der Waals surface area (Å²) in [7, 11) is 0. The van der Waals surface area contributed by atoms with E-state index >= 15 is 0 Å². The predicted octanol–water partition coefficient (Wildman–Crippen LogP) is 6.01. The Morgan fingerprint density at radius 3 is 1.88 bits per heavy atom. The van der Waals surface area contributed by atoms with Crippen molar-refractivity contribution >= 4 is 0 Å². The molecule has 0 saturated carbocycles. The Labute approximate surface area is 104 Å². The van der Waals surface area contributed by atoms with E-state index in [2.05, 4.69) is 48.5 Å². The Kier molecular flexibility index (Phi) is 6.67. The molecule has 1 radical (unpaired) electrons. The van der Waals surface area contributed by atoms with Gasteiger partial charge in [-0.15, -0.1) is 0 Å². The van der Waals surface area contributed by atoms with Crippen LogP contribution in [0.4, 0.5) is 0 Å². The summed E-state index contributed by atoms with van der Waals surface area (Å²) in [6.07, 6.45) is 8.12. The normalized spacial score (nSPS) is 13.5. The lowest BCUT2D eigenvalue weighted by Crippen LogP contribution is -2.24. The average molecular weight is 225 g/mol. The number of hydrogen-bond acceptors (Lipinski definition) is 0. The summed E-state index contributed by atoms with van der Waals surface area (Å²) in [4.78, 5) is 0. The van der Waals surface area contributed by atoms with Crippen LogP contribution in [0.25, 0.3) is 0 Å². The van der Waals surface area contributed by atoms with Gasteiger partial charge in [0.25, 0.3) is 0 Å². The Hall–Kier alpha value is 0. The molecule has 0 bridgehead atoms. The van der Waals surface area contributed by atoms with Crippen LogP contribution in [0.2, 0.25) is 0 Å². The second kappa shape index (κ2) is 6.67. The number of hydrogen-bond donors (Lipinski definition) is 0. The minimum Gasteiger partial charge on any atom is -0.0654 e. The zero-order valence-corrected chi connectivity index (χ0v) is 12.7. The van der Waals surface area contributed by atoms with E-state index in [9.17, 15) is 0 Å². The van der Waals surface area contributed by atoms with Crippen molar-refractivity contribution in [2.45, 2.75) is 87.0 Å². The first-order valence-electron chi connectivity index (χ1n) is 6.97. The van der Waals surface area contributed by atoms with Crippen LogP contribution in [0.3, 0.4) is 0 Å².